The Morgan fingerprint density at radius 2 is 2.08 bits per heavy atom. The Labute approximate surface area is 139 Å². The Bertz CT molecular complexity index is 917. The predicted molar refractivity (Wildman–Crippen MR) is 92.6 cm³/mol. The number of aromatic amines is 1. The third-order valence-corrected chi connectivity index (χ3v) is 4.62. The summed E-state index contributed by atoms with van der Waals surface area (Å²) in [5.41, 5.74) is 4.52. The van der Waals surface area contributed by atoms with Crippen LogP contribution in [0.25, 0.3) is 22.2 Å². The second-order valence-corrected chi connectivity index (χ2v) is 6.11. The van der Waals surface area contributed by atoms with E-state index in [1.165, 1.54) is 0 Å². The van der Waals surface area contributed by atoms with Crippen LogP contribution in [-0.2, 0) is 0 Å². The van der Waals surface area contributed by atoms with Crippen LogP contribution in [0.3, 0.4) is 0 Å². The molecule has 1 aliphatic rings. The number of benzene rings is 1. The first-order valence-corrected chi connectivity index (χ1v) is 8.12. The van der Waals surface area contributed by atoms with Crippen molar-refractivity contribution in [3.05, 3.63) is 48.3 Å². The van der Waals surface area contributed by atoms with Crippen LogP contribution in [0.15, 0.2) is 42.7 Å². The summed E-state index contributed by atoms with van der Waals surface area (Å²) in [5, 5.41) is 10.2. The molecule has 3 heterocycles. The zero-order valence-electron chi connectivity index (χ0n) is 13.2. The van der Waals surface area contributed by atoms with Gasteiger partial charge in [0.15, 0.2) is 0 Å². The summed E-state index contributed by atoms with van der Waals surface area (Å²) in [7, 11) is 0. The number of H-pyrrole nitrogens is 1. The van der Waals surface area contributed by atoms with E-state index < -0.39 is 6.17 Å². The molecule has 1 saturated heterocycles. The maximum Gasteiger partial charge on any atom is 0.139 e. The lowest BCUT2D eigenvalue weighted by molar-refractivity contribution is 0.277. The normalized spacial score (nSPS) is 15.6. The summed E-state index contributed by atoms with van der Waals surface area (Å²) >= 11 is 0. The lowest BCUT2D eigenvalue weighted by Crippen LogP contribution is -2.34. The van der Waals surface area contributed by atoms with Crippen molar-refractivity contribution in [2.75, 3.05) is 18.0 Å². The monoisotopic (exact) mass is 320 g/mol. The van der Waals surface area contributed by atoms with Crippen LogP contribution in [0.4, 0.5) is 10.1 Å². The second-order valence-electron chi connectivity index (χ2n) is 6.11. The highest BCUT2D eigenvalue weighted by Crippen LogP contribution is 2.36. The van der Waals surface area contributed by atoms with Gasteiger partial charge in [0.1, 0.15) is 11.8 Å². The van der Waals surface area contributed by atoms with E-state index in [1.54, 1.807) is 12.3 Å². The third-order valence-electron chi connectivity index (χ3n) is 4.62. The Hall–Kier alpha value is -2.87. The number of hydrogen-bond donors (Lipinski definition) is 1. The molecule has 0 aliphatic carbocycles. The quantitative estimate of drug-likeness (QED) is 0.775. The zero-order chi connectivity index (χ0) is 16.5. The average molecular weight is 320 g/mol. The van der Waals surface area contributed by atoms with Gasteiger partial charge in [0.25, 0.3) is 0 Å². The SMILES string of the molecule is N#Cc1cccc(-c2c[nH]c3nccc(N4CCC(F)CC4)c23)c1. The standard InChI is InChI=1S/C19H17FN4/c20-15-5-8-24(9-6-15)17-4-7-22-19-18(17)16(12-23-19)14-3-1-2-13(10-14)11-21/h1-4,7,10,12,15H,5-6,8-9H2,(H,22,23). The number of halogens is 1. The van der Waals surface area contributed by atoms with E-state index in [1.807, 2.05) is 30.5 Å². The lowest BCUT2D eigenvalue weighted by atomic mass is 10.0. The Balaban J connectivity index is 1.84. The van der Waals surface area contributed by atoms with Gasteiger partial charge in [0.05, 0.1) is 11.6 Å². The van der Waals surface area contributed by atoms with Crippen LogP contribution < -0.4 is 4.90 Å². The number of piperidine rings is 1. The number of hydrogen-bond acceptors (Lipinski definition) is 3. The molecule has 1 aliphatic heterocycles. The van der Waals surface area contributed by atoms with Gasteiger partial charge < -0.3 is 9.88 Å². The average Bonchev–Trinajstić information content (AvgIpc) is 3.07. The first-order valence-electron chi connectivity index (χ1n) is 8.12. The van der Waals surface area contributed by atoms with Crippen molar-refractivity contribution < 1.29 is 4.39 Å². The van der Waals surface area contributed by atoms with E-state index in [0.29, 0.717) is 31.5 Å². The van der Waals surface area contributed by atoms with Gasteiger partial charge in [-0.05, 0) is 36.6 Å². The molecule has 1 N–H and O–H groups in total. The molecule has 0 bridgehead atoms. The maximum atomic E-state index is 13.5. The molecule has 0 saturated carbocycles. The van der Waals surface area contributed by atoms with Gasteiger partial charge >= 0.3 is 0 Å². The van der Waals surface area contributed by atoms with Gasteiger partial charge in [-0.1, -0.05) is 12.1 Å². The third kappa shape index (κ3) is 2.50. The van der Waals surface area contributed by atoms with Crippen molar-refractivity contribution in [3.8, 4) is 17.2 Å². The molecular formula is C19H17FN4. The van der Waals surface area contributed by atoms with E-state index in [0.717, 1.165) is 27.8 Å². The van der Waals surface area contributed by atoms with Crippen molar-refractivity contribution >= 4 is 16.7 Å². The molecule has 0 atom stereocenters. The highest BCUT2D eigenvalue weighted by atomic mass is 19.1. The van der Waals surface area contributed by atoms with E-state index >= 15 is 0 Å². The zero-order valence-corrected chi connectivity index (χ0v) is 13.2. The number of pyridine rings is 1. The van der Waals surface area contributed by atoms with Crippen LogP contribution in [0.5, 0.6) is 0 Å². The minimum Gasteiger partial charge on any atom is -0.371 e. The van der Waals surface area contributed by atoms with Gasteiger partial charge in [-0.2, -0.15) is 5.26 Å². The fraction of sp³-hybridized carbons (Fsp3) is 0.263. The van der Waals surface area contributed by atoms with Crippen LogP contribution >= 0.6 is 0 Å². The molecule has 4 rings (SSSR count). The molecule has 4 nitrogen and oxygen atoms in total. The van der Waals surface area contributed by atoms with E-state index in [4.69, 9.17) is 5.26 Å². The van der Waals surface area contributed by atoms with Crippen molar-refractivity contribution in [1.82, 2.24) is 9.97 Å². The summed E-state index contributed by atoms with van der Waals surface area (Å²) in [4.78, 5) is 9.86. The molecule has 3 aromatic rings. The summed E-state index contributed by atoms with van der Waals surface area (Å²) in [5.74, 6) is 0. The van der Waals surface area contributed by atoms with Gasteiger partial charge in [-0.3, -0.25) is 0 Å². The van der Waals surface area contributed by atoms with Crippen molar-refractivity contribution in [3.63, 3.8) is 0 Å². The van der Waals surface area contributed by atoms with Crippen molar-refractivity contribution in [2.45, 2.75) is 19.0 Å². The van der Waals surface area contributed by atoms with Gasteiger partial charge in [-0.15, -0.1) is 0 Å². The molecule has 1 aromatic carbocycles. The van der Waals surface area contributed by atoms with Crippen LogP contribution in [-0.4, -0.2) is 29.2 Å². The molecule has 120 valence electrons. The smallest absolute Gasteiger partial charge is 0.139 e. The molecule has 1 fully saturated rings. The highest BCUT2D eigenvalue weighted by molar-refractivity contribution is 6.02. The van der Waals surface area contributed by atoms with Gasteiger partial charge in [0, 0.05) is 42.1 Å². The Morgan fingerprint density at radius 1 is 1.25 bits per heavy atom. The molecule has 0 radical (unpaired) electrons. The maximum absolute atomic E-state index is 13.5. The topological polar surface area (TPSA) is 55.7 Å². The number of anilines is 1. The predicted octanol–water partition coefficient (Wildman–Crippen LogP) is 4.04. The largest absolute Gasteiger partial charge is 0.371 e. The lowest BCUT2D eigenvalue weighted by Gasteiger charge is -2.31. The molecule has 0 amide bonds. The first kappa shape index (κ1) is 14.7. The van der Waals surface area contributed by atoms with Crippen LogP contribution in [0.1, 0.15) is 18.4 Å². The van der Waals surface area contributed by atoms with Gasteiger partial charge in [-0.25, -0.2) is 9.37 Å². The Kier molecular flexibility index (Phi) is 3.66. The number of aromatic nitrogens is 2. The van der Waals surface area contributed by atoms with Crippen molar-refractivity contribution in [2.24, 2.45) is 0 Å². The summed E-state index contributed by atoms with van der Waals surface area (Å²) < 4.78 is 13.5. The molecule has 24 heavy (non-hydrogen) atoms. The van der Waals surface area contributed by atoms with E-state index in [-0.39, 0.29) is 0 Å². The van der Waals surface area contributed by atoms with E-state index in [2.05, 4.69) is 20.9 Å². The summed E-state index contributed by atoms with van der Waals surface area (Å²) in [6, 6.07) is 11.7. The first-order chi connectivity index (χ1) is 11.8. The molecular weight excluding hydrogens is 303 g/mol. The molecule has 0 unspecified atom stereocenters. The number of nitrogens with one attached hydrogen (secondary N) is 1. The summed E-state index contributed by atoms with van der Waals surface area (Å²) in [6.45, 7) is 1.42. The highest BCUT2D eigenvalue weighted by Gasteiger charge is 2.22. The number of alkyl halides is 1. The van der Waals surface area contributed by atoms with Crippen molar-refractivity contribution in [1.29, 1.82) is 5.26 Å². The Morgan fingerprint density at radius 3 is 2.88 bits per heavy atom. The summed E-state index contributed by atoms with van der Waals surface area (Å²) in [6.07, 6.45) is 4.14. The van der Waals surface area contributed by atoms with Crippen LogP contribution in [0, 0.1) is 11.3 Å². The number of nitrogens with zero attached hydrogens (tertiary/aromatic N) is 3. The minimum atomic E-state index is -0.698. The fourth-order valence-corrected chi connectivity index (χ4v) is 3.38. The van der Waals surface area contributed by atoms with E-state index in [9.17, 15) is 4.39 Å². The van der Waals surface area contributed by atoms with Crippen LogP contribution in [0.2, 0.25) is 0 Å². The molecule has 0 spiro atoms. The van der Waals surface area contributed by atoms with Gasteiger partial charge in [0.2, 0.25) is 0 Å². The fourth-order valence-electron chi connectivity index (χ4n) is 3.38. The minimum absolute atomic E-state index is 0.563. The number of rotatable bonds is 2. The second kappa shape index (κ2) is 5.97. The number of fused-ring (bicyclic) bond motifs is 1. The molecule has 2 aromatic heterocycles. The molecule has 5 heteroatoms. The number of nitriles is 1.